The lowest BCUT2D eigenvalue weighted by atomic mass is 9.99. The number of hydrogen-bond donors (Lipinski definition) is 0. The number of likely N-dealkylation sites (tertiary alicyclic amines) is 1. The average Bonchev–Trinajstić information content (AvgIpc) is 2.48. The molecular weight excluding hydrogens is 282 g/mol. The van der Waals surface area contributed by atoms with Crippen LogP contribution >= 0.6 is 11.6 Å². The van der Waals surface area contributed by atoms with Gasteiger partial charge in [-0.05, 0) is 69.4 Å². The lowest BCUT2D eigenvalue weighted by Crippen LogP contribution is -2.33. The van der Waals surface area contributed by atoms with Crippen molar-refractivity contribution in [3.05, 3.63) is 29.3 Å². The van der Waals surface area contributed by atoms with E-state index in [1.165, 1.54) is 51.7 Å². The summed E-state index contributed by atoms with van der Waals surface area (Å²) < 4.78 is 5.70. The maximum Gasteiger partial charge on any atom is 0.120 e. The van der Waals surface area contributed by atoms with Crippen LogP contribution in [-0.2, 0) is 0 Å². The number of hydrogen-bond acceptors (Lipinski definition) is 2. The highest BCUT2D eigenvalue weighted by molar-refractivity contribution is 6.30. The van der Waals surface area contributed by atoms with Gasteiger partial charge in [-0.1, -0.05) is 37.4 Å². The molecule has 2 rings (SSSR count). The Kier molecular flexibility index (Phi) is 7.38. The van der Waals surface area contributed by atoms with Gasteiger partial charge in [0.25, 0.3) is 0 Å². The minimum absolute atomic E-state index is 0.739. The summed E-state index contributed by atoms with van der Waals surface area (Å²) >= 11 is 5.92. The second kappa shape index (κ2) is 9.32. The molecule has 0 radical (unpaired) electrons. The molecule has 0 spiro atoms. The van der Waals surface area contributed by atoms with Crippen molar-refractivity contribution in [3.63, 3.8) is 0 Å². The van der Waals surface area contributed by atoms with E-state index in [-0.39, 0.29) is 0 Å². The number of benzene rings is 1. The largest absolute Gasteiger partial charge is 0.494 e. The molecule has 0 amide bonds. The molecule has 1 heterocycles. The predicted molar refractivity (Wildman–Crippen MR) is 90.3 cm³/mol. The van der Waals surface area contributed by atoms with Gasteiger partial charge in [0.15, 0.2) is 0 Å². The van der Waals surface area contributed by atoms with E-state index in [0.29, 0.717) is 0 Å². The summed E-state index contributed by atoms with van der Waals surface area (Å²) in [6, 6.07) is 7.63. The summed E-state index contributed by atoms with van der Waals surface area (Å²) in [5.41, 5.74) is 0. The number of nitrogens with zero attached hydrogens (tertiary/aromatic N) is 1. The van der Waals surface area contributed by atoms with E-state index in [2.05, 4.69) is 11.8 Å². The number of rotatable bonds is 8. The van der Waals surface area contributed by atoms with Crippen LogP contribution < -0.4 is 4.74 Å². The van der Waals surface area contributed by atoms with Crippen molar-refractivity contribution in [2.24, 2.45) is 5.92 Å². The predicted octanol–water partition coefficient (Wildman–Crippen LogP) is 5.01. The van der Waals surface area contributed by atoms with Gasteiger partial charge in [-0.15, -0.1) is 0 Å². The Morgan fingerprint density at radius 1 is 1.14 bits per heavy atom. The van der Waals surface area contributed by atoms with E-state index in [9.17, 15) is 0 Å². The van der Waals surface area contributed by atoms with Gasteiger partial charge in [0.1, 0.15) is 5.75 Å². The summed E-state index contributed by atoms with van der Waals surface area (Å²) in [5.74, 6) is 1.81. The van der Waals surface area contributed by atoms with Crippen molar-refractivity contribution in [3.8, 4) is 5.75 Å². The van der Waals surface area contributed by atoms with Crippen LogP contribution in [0.2, 0.25) is 5.02 Å². The molecule has 2 nitrogen and oxygen atoms in total. The first kappa shape index (κ1) is 16.6. The van der Waals surface area contributed by atoms with Crippen LogP contribution in [0.1, 0.15) is 45.4 Å². The third-order valence-corrected chi connectivity index (χ3v) is 4.54. The van der Waals surface area contributed by atoms with Gasteiger partial charge in [-0.25, -0.2) is 0 Å². The maximum atomic E-state index is 5.92. The molecule has 1 aromatic rings. The van der Waals surface area contributed by atoms with Crippen LogP contribution in [0.5, 0.6) is 5.75 Å². The Morgan fingerprint density at radius 2 is 1.90 bits per heavy atom. The van der Waals surface area contributed by atoms with Crippen LogP contribution in [-0.4, -0.2) is 31.1 Å². The van der Waals surface area contributed by atoms with Crippen molar-refractivity contribution in [1.29, 1.82) is 0 Å². The molecule has 1 aliphatic rings. The van der Waals surface area contributed by atoms with Crippen molar-refractivity contribution in [2.75, 3.05) is 26.2 Å². The minimum Gasteiger partial charge on any atom is -0.494 e. The number of ether oxygens (including phenoxy) is 1. The normalized spacial score (nSPS) is 17.0. The SMILES string of the molecule is CC1CCN(CCCCCCOc2cccc(Cl)c2)CC1. The molecule has 0 aromatic heterocycles. The first-order chi connectivity index (χ1) is 10.2. The monoisotopic (exact) mass is 309 g/mol. The van der Waals surface area contributed by atoms with Gasteiger partial charge < -0.3 is 9.64 Å². The molecule has 0 saturated carbocycles. The second-order valence-corrected chi connectivity index (χ2v) is 6.68. The fourth-order valence-electron chi connectivity index (χ4n) is 2.82. The second-order valence-electron chi connectivity index (χ2n) is 6.24. The molecule has 0 aliphatic carbocycles. The zero-order chi connectivity index (χ0) is 14.9. The van der Waals surface area contributed by atoms with Crippen molar-refractivity contribution in [2.45, 2.75) is 45.4 Å². The molecule has 1 aromatic carbocycles. The summed E-state index contributed by atoms with van der Waals surface area (Å²) in [4.78, 5) is 2.63. The zero-order valence-electron chi connectivity index (χ0n) is 13.2. The highest BCUT2D eigenvalue weighted by Crippen LogP contribution is 2.18. The minimum atomic E-state index is 0.739. The van der Waals surface area contributed by atoms with Gasteiger partial charge >= 0.3 is 0 Å². The van der Waals surface area contributed by atoms with E-state index in [1.807, 2.05) is 24.3 Å². The number of halogens is 1. The Morgan fingerprint density at radius 3 is 2.67 bits per heavy atom. The van der Waals surface area contributed by atoms with Crippen LogP contribution in [0.25, 0.3) is 0 Å². The van der Waals surface area contributed by atoms with Crippen LogP contribution in [0.15, 0.2) is 24.3 Å². The lowest BCUT2D eigenvalue weighted by Gasteiger charge is -2.30. The smallest absolute Gasteiger partial charge is 0.120 e. The van der Waals surface area contributed by atoms with E-state index in [1.54, 1.807) is 0 Å². The van der Waals surface area contributed by atoms with Gasteiger partial charge in [-0.2, -0.15) is 0 Å². The molecule has 0 N–H and O–H groups in total. The van der Waals surface area contributed by atoms with Gasteiger partial charge in [0.2, 0.25) is 0 Å². The third-order valence-electron chi connectivity index (χ3n) is 4.31. The first-order valence-corrected chi connectivity index (χ1v) is 8.72. The molecule has 1 aliphatic heterocycles. The van der Waals surface area contributed by atoms with Gasteiger partial charge in [0.05, 0.1) is 6.61 Å². The number of piperidine rings is 1. The molecule has 0 atom stereocenters. The van der Waals surface area contributed by atoms with Crippen LogP contribution in [0.4, 0.5) is 0 Å². The molecule has 3 heteroatoms. The van der Waals surface area contributed by atoms with Crippen molar-refractivity contribution >= 4 is 11.6 Å². The molecular formula is C18H28ClNO. The topological polar surface area (TPSA) is 12.5 Å². The van der Waals surface area contributed by atoms with Crippen molar-refractivity contribution < 1.29 is 4.74 Å². The quantitative estimate of drug-likeness (QED) is 0.626. The molecule has 0 unspecified atom stereocenters. The number of unbranched alkanes of at least 4 members (excludes halogenated alkanes) is 3. The van der Waals surface area contributed by atoms with Gasteiger partial charge in [-0.3, -0.25) is 0 Å². The van der Waals surface area contributed by atoms with E-state index in [4.69, 9.17) is 16.3 Å². The molecule has 0 bridgehead atoms. The Hall–Kier alpha value is -0.730. The fraction of sp³-hybridized carbons (Fsp3) is 0.667. The molecule has 21 heavy (non-hydrogen) atoms. The summed E-state index contributed by atoms with van der Waals surface area (Å²) in [5, 5.41) is 0.739. The van der Waals surface area contributed by atoms with Gasteiger partial charge in [0, 0.05) is 5.02 Å². The third kappa shape index (κ3) is 6.71. The summed E-state index contributed by atoms with van der Waals surface area (Å²) in [6.45, 7) is 7.05. The molecule has 1 fully saturated rings. The Labute approximate surface area is 134 Å². The highest BCUT2D eigenvalue weighted by atomic mass is 35.5. The van der Waals surface area contributed by atoms with E-state index in [0.717, 1.165) is 29.7 Å². The average molecular weight is 310 g/mol. The van der Waals surface area contributed by atoms with E-state index >= 15 is 0 Å². The summed E-state index contributed by atoms with van der Waals surface area (Å²) in [6.07, 6.45) is 7.78. The standard InChI is InChI=1S/C18H28ClNO/c1-16-9-12-20(13-10-16)11-4-2-3-5-14-21-18-8-6-7-17(19)15-18/h6-8,15-16H,2-5,9-14H2,1H3. The van der Waals surface area contributed by atoms with E-state index < -0.39 is 0 Å². The van der Waals surface area contributed by atoms with Crippen LogP contribution in [0, 0.1) is 5.92 Å². The molecule has 118 valence electrons. The van der Waals surface area contributed by atoms with Crippen LogP contribution in [0.3, 0.4) is 0 Å². The maximum absolute atomic E-state index is 5.92. The summed E-state index contributed by atoms with van der Waals surface area (Å²) in [7, 11) is 0. The first-order valence-electron chi connectivity index (χ1n) is 8.35. The fourth-order valence-corrected chi connectivity index (χ4v) is 3.00. The Bertz CT molecular complexity index is 402. The van der Waals surface area contributed by atoms with Crippen molar-refractivity contribution in [1.82, 2.24) is 4.90 Å². The zero-order valence-corrected chi connectivity index (χ0v) is 13.9. The highest BCUT2D eigenvalue weighted by Gasteiger charge is 2.14. The lowest BCUT2D eigenvalue weighted by molar-refractivity contribution is 0.188. The molecule has 1 saturated heterocycles. The Balaban J connectivity index is 1.45.